The number of fused-ring (bicyclic) bond motifs is 2. The van der Waals surface area contributed by atoms with Crippen LogP contribution in [0.4, 0.5) is 0 Å². The summed E-state index contributed by atoms with van der Waals surface area (Å²) in [5.74, 6) is 0. The first-order chi connectivity index (χ1) is 18.9. The van der Waals surface area contributed by atoms with Crippen molar-refractivity contribution in [1.82, 2.24) is 0 Å². The Bertz CT molecular complexity index is 1330. The Labute approximate surface area is 252 Å². The first kappa shape index (κ1) is 31.6. The second-order valence-electron chi connectivity index (χ2n) is 10.6. The van der Waals surface area contributed by atoms with E-state index in [-0.39, 0.29) is 24.8 Å². The van der Waals surface area contributed by atoms with Crippen LogP contribution in [0.1, 0.15) is 47.9 Å². The zero-order chi connectivity index (χ0) is 25.8. The Hall–Kier alpha value is -2.88. The highest BCUT2D eigenvalue weighted by Gasteiger charge is 2.04. The van der Waals surface area contributed by atoms with E-state index in [4.69, 9.17) is 0 Å². The fourth-order valence-electron chi connectivity index (χ4n) is 5.65. The lowest BCUT2D eigenvalue weighted by Crippen LogP contribution is -3.00. The second kappa shape index (κ2) is 17.0. The molecule has 0 radical (unpaired) electrons. The molecule has 2 nitrogen and oxygen atoms in total. The molecule has 0 aliphatic heterocycles. The number of hydrogen-bond acceptors (Lipinski definition) is 0. The number of rotatable bonds is 14. The maximum Gasteiger partial charge on any atom is 0.101 e. The first-order valence-electron chi connectivity index (χ1n) is 14.5. The second-order valence-corrected chi connectivity index (χ2v) is 10.6. The van der Waals surface area contributed by atoms with E-state index in [2.05, 4.69) is 120 Å². The van der Waals surface area contributed by atoms with Crippen molar-refractivity contribution < 1.29 is 35.4 Å². The predicted octanol–water partition coefficient (Wildman–Crippen LogP) is 0.174. The Kier molecular flexibility index (Phi) is 13.5. The van der Waals surface area contributed by atoms with Crippen LogP contribution < -0.4 is 35.4 Å². The third-order valence-corrected chi connectivity index (χ3v) is 7.72. The molecule has 4 heteroatoms. The van der Waals surface area contributed by atoms with Crippen LogP contribution >= 0.6 is 0 Å². The molecule has 40 heavy (non-hydrogen) atoms. The van der Waals surface area contributed by atoms with Crippen LogP contribution in [0.5, 0.6) is 0 Å². The molecule has 4 N–H and O–H groups in total. The molecule has 0 aliphatic carbocycles. The zero-order valence-electron chi connectivity index (χ0n) is 23.4. The number of aryl methyl sites for hydroxylation is 2. The van der Waals surface area contributed by atoms with Crippen molar-refractivity contribution in [3.8, 4) is 0 Å². The summed E-state index contributed by atoms with van der Waals surface area (Å²) in [4.78, 5) is 0. The quantitative estimate of drug-likeness (QED) is 0.178. The Morgan fingerprint density at radius 3 is 1.35 bits per heavy atom. The third-order valence-electron chi connectivity index (χ3n) is 7.72. The predicted molar refractivity (Wildman–Crippen MR) is 161 cm³/mol. The van der Waals surface area contributed by atoms with Crippen molar-refractivity contribution in [3.05, 3.63) is 131 Å². The standard InChI is InChI=1S/C36H40N2.2ClH/c1-3-22-35-31(14-1)18-10-20-33(35)16-5-7-24-37-27-29-12-9-13-30(26-29)28-38-25-8-6-17-34-21-11-19-32-15-2-4-23-36(32)34;;/h1-4,9-15,18-23,26,37-38H,5-8,16-17,24-25,27-28H2;2*1H. The van der Waals surface area contributed by atoms with Crippen LogP contribution in [0, 0.1) is 0 Å². The van der Waals surface area contributed by atoms with Crippen LogP contribution in [0.15, 0.2) is 109 Å². The molecule has 0 amide bonds. The molecule has 0 aliphatic rings. The van der Waals surface area contributed by atoms with Crippen LogP contribution in [0.25, 0.3) is 21.5 Å². The fourth-order valence-corrected chi connectivity index (χ4v) is 5.65. The maximum atomic E-state index is 2.47. The highest BCUT2D eigenvalue weighted by Crippen LogP contribution is 2.21. The summed E-state index contributed by atoms with van der Waals surface area (Å²) in [6.45, 7) is 4.54. The van der Waals surface area contributed by atoms with E-state index in [0.717, 1.165) is 13.1 Å². The van der Waals surface area contributed by atoms with Gasteiger partial charge in [-0.2, -0.15) is 0 Å². The van der Waals surface area contributed by atoms with Crippen LogP contribution in [0.3, 0.4) is 0 Å². The maximum absolute atomic E-state index is 2.47. The normalized spacial score (nSPS) is 10.8. The van der Waals surface area contributed by atoms with Crippen molar-refractivity contribution in [2.24, 2.45) is 0 Å². The fraction of sp³-hybridized carbons (Fsp3) is 0.278. The number of hydrogen-bond donors (Lipinski definition) is 2. The molecule has 0 unspecified atom stereocenters. The van der Waals surface area contributed by atoms with Crippen LogP contribution in [-0.2, 0) is 25.9 Å². The van der Waals surface area contributed by atoms with Gasteiger partial charge in [-0.1, -0.05) is 103 Å². The topological polar surface area (TPSA) is 33.2 Å². The van der Waals surface area contributed by atoms with Gasteiger partial charge >= 0.3 is 0 Å². The van der Waals surface area contributed by atoms with Crippen molar-refractivity contribution >= 4 is 21.5 Å². The van der Waals surface area contributed by atoms with Gasteiger partial charge in [-0.25, -0.2) is 0 Å². The highest BCUT2D eigenvalue weighted by molar-refractivity contribution is 5.86. The summed E-state index contributed by atoms with van der Waals surface area (Å²) >= 11 is 0. The summed E-state index contributed by atoms with van der Waals surface area (Å²) < 4.78 is 0. The monoisotopic (exact) mass is 572 g/mol. The van der Waals surface area contributed by atoms with E-state index < -0.39 is 0 Å². The van der Waals surface area contributed by atoms with Gasteiger partial charge in [0.1, 0.15) is 13.1 Å². The minimum atomic E-state index is 0. The van der Waals surface area contributed by atoms with E-state index in [9.17, 15) is 0 Å². The minimum Gasteiger partial charge on any atom is -1.00 e. The molecule has 5 rings (SSSR count). The van der Waals surface area contributed by atoms with Crippen LogP contribution in [0.2, 0.25) is 0 Å². The SMILES string of the molecule is [Cl-].[Cl-].c1cc(C[NH2+]CCCCc2cccc3ccccc23)cc(C[NH2+]CCCCc2cccc3ccccc23)c1. The van der Waals surface area contributed by atoms with E-state index in [1.165, 1.54) is 95.4 Å². The molecule has 0 heterocycles. The van der Waals surface area contributed by atoms with Gasteiger partial charge < -0.3 is 35.4 Å². The summed E-state index contributed by atoms with van der Waals surface area (Å²) in [6.07, 6.45) is 7.36. The van der Waals surface area contributed by atoms with Gasteiger partial charge in [-0.3, -0.25) is 0 Å². The summed E-state index contributed by atoms with van der Waals surface area (Å²) in [5.41, 5.74) is 5.86. The molecule has 0 saturated heterocycles. The van der Waals surface area contributed by atoms with Gasteiger partial charge in [-0.05, 0) is 77.3 Å². The largest absolute Gasteiger partial charge is 1.00 e. The van der Waals surface area contributed by atoms with Crippen molar-refractivity contribution in [3.63, 3.8) is 0 Å². The van der Waals surface area contributed by atoms with Crippen molar-refractivity contribution in [1.29, 1.82) is 0 Å². The molecular formula is C36H42Cl2N2. The Morgan fingerprint density at radius 1 is 0.425 bits per heavy atom. The summed E-state index contributed by atoms with van der Waals surface area (Å²) in [6, 6.07) is 40.1. The molecule has 0 aromatic heterocycles. The molecule has 5 aromatic carbocycles. The number of benzene rings is 5. The number of nitrogens with two attached hydrogens (primary N) is 2. The van der Waals surface area contributed by atoms with Crippen molar-refractivity contribution in [2.45, 2.75) is 51.6 Å². The molecular weight excluding hydrogens is 531 g/mol. The van der Waals surface area contributed by atoms with E-state index in [1.54, 1.807) is 0 Å². The highest BCUT2D eigenvalue weighted by atomic mass is 35.5. The summed E-state index contributed by atoms with van der Waals surface area (Å²) in [5, 5.41) is 10.5. The lowest BCUT2D eigenvalue weighted by Gasteiger charge is -2.08. The van der Waals surface area contributed by atoms with E-state index in [0.29, 0.717) is 0 Å². The van der Waals surface area contributed by atoms with Gasteiger partial charge in [0.2, 0.25) is 0 Å². The minimum absolute atomic E-state index is 0. The molecule has 0 atom stereocenters. The Balaban J connectivity index is 0.00000220. The average Bonchev–Trinajstić information content (AvgIpc) is 2.97. The van der Waals surface area contributed by atoms with Gasteiger partial charge in [-0.15, -0.1) is 0 Å². The number of quaternary nitrogens is 2. The molecule has 210 valence electrons. The lowest BCUT2D eigenvalue weighted by atomic mass is 10.0. The molecule has 0 spiro atoms. The Morgan fingerprint density at radius 2 is 0.850 bits per heavy atom. The molecule has 0 saturated carbocycles. The van der Waals surface area contributed by atoms with E-state index >= 15 is 0 Å². The van der Waals surface area contributed by atoms with Gasteiger partial charge in [0.15, 0.2) is 0 Å². The molecule has 0 bridgehead atoms. The molecule has 0 fully saturated rings. The van der Waals surface area contributed by atoms with Gasteiger partial charge in [0.25, 0.3) is 0 Å². The van der Waals surface area contributed by atoms with Gasteiger partial charge in [0, 0.05) is 11.1 Å². The average molecular weight is 574 g/mol. The zero-order valence-corrected chi connectivity index (χ0v) is 24.9. The smallest absolute Gasteiger partial charge is 0.101 e. The summed E-state index contributed by atoms with van der Waals surface area (Å²) in [7, 11) is 0. The van der Waals surface area contributed by atoms with Crippen molar-refractivity contribution in [2.75, 3.05) is 13.1 Å². The first-order valence-corrected chi connectivity index (χ1v) is 14.5. The van der Waals surface area contributed by atoms with Crippen LogP contribution in [-0.4, -0.2) is 13.1 Å². The number of halogens is 2. The number of unbranched alkanes of at least 4 members (excludes halogenated alkanes) is 2. The third kappa shape index (κ3) is 9.08. The van der Waals surface area contributed by atoms with E-state index in [1.807, 2.05) is 0 Å². The molecule has 5 aromatic rings. The van der Waals surface area contributed by atoms with Gasteiger partial charge in [0.05, 0.1) is 13.1 Å². The lowest BCUT2D eigenvalue weighted by molar-refractivity contribution is -0.671.